The molecule has 1 aromatic carbocycles. The fourth-order valence-electron chi connectivity index (χ4n) is 2.84. The molecule has 3 rings (SSSR count). The summed E-state index contributed by atoms with van der Waals surface area (Å²) in [6.07, 6.45) is 1.64. The maximum atomic E-state index is 12.5. The lowest BCUT2D eigenvalue weighted by Crippen LogP contribution is -2.29. The minimum absolute atomic E-state index is 0.117. The van der Waals surface area contributed by atoms with Gasteiger partial charge < -0.3 is 19.3 Å². The topological polar surface area (TPSA) is 146 Å². The number of phosphoric ester groups is 1. The molecule has 28 heavy (non-hydrogen) atoms. The first-order valence-electron chi connectivity index (χ1n) is 8.13. The first kappa shape index (κ1) is 21.5. The number of ether oxygens (including phenoxy) is 2. The largest absolute Gasteiger partial charge is 0.479 e. The molecule has 1 heterocycles. The number of sulfone groups is 1. The first-order valence-corrected chi connectivity index (χ1v) is 13.3. The van der Waals surface area contributed by atoms with E-state index in [-0.39, 0.29) is 11.3 Å². The molecule has 2 atom stereocenters. The summed E-state index contributed by atoms with van der Waals surface area (Å²) < 4.78 is 67.4. The zero-order chi connectivity index (χ0) is 21.0. The van der Waals surface area contributed by atoms with Crippen molar-refractivity contribution in [2.24, 2.45) is 0 Å². The highest BCUT2D eigenvalue weighted by atomic mass is 32.2. The highest BCUT2D eigenvalue weighted by Gasteiger charge is 2.35. The van der Waals surface area contributed by atoms with Crippen LogP contribution in [-0.2, 0) is 34.2 Å². The molecule has 0 fully saturated rings. The first-order chi connectivity index (χ1) is 12.7. The van der Waals surface area contributed by atoms with Crippen LogP contribution in [0.2, 0.25) is 0 Å². The van der Waals surface area contributed by atoms with Crippen LogP contribution in [0.5, 0.6) is 11.5 Å². The molecule has 10 nitrogen and oxygen atoms in total. The molecule has 13 heteroatoms. The number of allylic oxidation sites excluding steroid dienone is 1. The van der Waals surface area contributed by atoms with Gasteiger partial charge in [0.15, 0.2) is 21.3 Å². The number of benzene rings is 1. The Morgan fingerprint density at radius 3 is 2.39 bits per heavy atom. The number of rotatable bonds is 7. The molecule has 2 unspecified atom stereocenters. The van der Waals surface area contributed by atoms with E-state index < -0.39 is 43.4 Å². The second-order valence-electron chi connectivity index (χ2n) is 6.89. The van der Waals surface area contributed by atoms with Crippen LogP contribution in [-0.4, -0.2) is 43.0 Å². The predicted molar refractivity (Wildman–Crippen MR) is 99.9 cm³/mol. The fraction of sp³-hybridized carbons (Fsp3) is 0.467. The Labute approximate surface area is 162 Å². The lowest BCUT2D eigenvalue weighted by Gasteiger charge is -2.16. The molecule has 0 amide bonds. The summed E-state index contributed by atoms with van der Waals surface area (Å²) in [6, 6.07) is 3.43. The van der Waals surface area contributed by atoms with Gasteiger partial charge in [0.25, 0.3) is 0 Å². The van der Waals surface area contributed by atoms with E-state index in [0.29, 0.717) is 23.7 Å². The minimum Gasteiger partial charge on any atom is -0.449 e. The van der Waals surface area contributed by atoms with Crippen molar-refractivity contribution in [3.8, 4) is 11.5 Å². The summed E-state index contributed by atoms with van der Waals surface area (Å²) >= 11 is 0. The van der Waals surface area contributed by atoms with Gasteiger partial charge >= 0.3 is 15.4 Å². The normalized spacial score (nSPS) is 21.5. The van der Waals surface area contributed by atoms with Gasteiger partial charge in [-0.2, -0.15) is 0 Å². The molecule has 1 aliphatic heterocycles. The Kier molecular flexibility index (Phi) is 5.34. The molecule has 0 radical (unpaired) electrons. The second-order valence-corrected chi connectivity index (χ2v) is 12.5. The molecule has 0 aromatic heterocycles. The van der Waals surface area contributed by atoms with Crippen LogP contribution in [0.1, 0.15) is 25.0 Å². The zero-order valence-corrected chi connectivity index (χ0v) is 17.9. The van der Waals surface area contributed by atoms with Gasteiger partial charge in [-0.25, -0.2) is 17.3 Å². The van der Waals surface area contributed by atoms with Gasteiger partial charge in [-0.05, 0) is 29.3 Å². The van der Waals surface area contributed by atoms with Crippen molar-refractivity contribution in [2.75, 3.05) is 19.0 Å². The molecule has 2 aliphatic rings. The molecular weight excluding hydrogens is 434 g/mol. The van der Waals surface area contributed by atoms with Crippen molar-refractivity contribution in [1.82, 2.24) is 0 Å². The van der Waals surface area contributed by atoms with Gasteiger partial charge in [0, 0.05) is 31.8 Å². The molecular formula is C15H20O10P2S. The summed E-state index contributed by atoms with van der Waals surface area (Å²) in [5.41, 5.74) is 1.44. The molecule has 1 aliphatic carbocycles. The molecule has 2 N–H and O–H groups in total. The average Bonchev–Trinajstić information content (AvgIpc) is 2.99. The Morgan fingerprint density at radius 1 is 1.18 bits per heavy atom. The summed E-state index contributed by atoms with van der Waals surface area (Å²) in [5, 5.41) is 0. The molecule has 156 valence electrons. The summed E-state index contributed by atoms with van der Waals surface area (Å²) in [5.74, 6) is -0.330. The smallest absolute Gasteiger partial charge is 0.449 e. The van der Waals surface area contributed by atoms with E-state index in [2.05, 4.69) is 8.83 Å². The van der Waals surface area contributed by atoms with E-state index >= 15 is 0 Å². The second kappa shape index (κ2) is 6.95. The van der Waals surface area contributed by atoms with Gasteiger partial charge in [-0.1, -0.05) is 0 Å². The zero-order valence-electron chi connectivity index (χ0n) is 15.3. The van der Waals surface area contributed by atoms with Crippen molar-refractivity contribution in [1.29, 1.82) is 0 Å². The maximum absolute atomic E-state index is 12.5. The summed E-state index contributed by atoms with van der Waals surface area (Å²) in [4.78, 5) is 18.4. The van der Waals surface area contributed by atoms with Crippen LogP contribution >= 0.6 is 15.4 Å². The van der Waals surface area contributed by atoms with Crippen molar-refractivity contribution in [3.63, 3.8) is 0 Å². The molecule has 0 bridgehead atoms. The number of hydrogen-bond acceptors (Lipinski definition) is 8. The number of hydrogen-bond donors (Lipinski definition) is 2. The van der Waals surface area contributed by atoms with Crippen molar-refractivity contribution in [2.45, 2.75) is 26.1 Å². The van der Waals surface area contributed by atoms with E-state index in [1.54, 1.807) is 26.0 Å². The van der Waals surface area contributed by atoms with Gasteiger partial charge in [-0.3, -0.25) is 9.09 Å². The maximum Gasteiger partial charge on any atom is 0.479 e. The third-order valence-electron chi connectivity index (χ3n) is 3.86. The SMILES string of the molecule is CC1(C)Oc2cc3c(cc2O1)CC(S(=O)(=O)CCOP(=O)(O)OP(C)(=O)O)=C3. The van der Waals surface area contributed by atoms with Gasteiger partial charge in [0.2, 0.25) is 5.79 Å². The van der Waals surface area contributed by atoms with Crippen molar-refractivity contribution in [3.05, 3.63) is 28.2 Å². The van der Waals surface area contributed by atoms with E-state index in [1.165, 1.54) is 6.08 Å². The number of fused-ring (bicyclic) bond motifs is 2. The van der Waals surface area contributed by atoms with E-state index in [1.807, 2.05) is 0 Å². The van der Waals surface area contributed by atoms with Gasteiger partial charge in [0.1, 0.15) is 0 Å². The minimum atomic E-state index is -4.84. The lowest BCUT2D eigenvalue weighted by atomic mass is 10.1. The molecule has 0 saturated carbocycles. The highest BCUT2D eigenvalue weighted by molar-refractivity contribution is 7.95. The van der Waals surface area contributed by atoms with Crippen molar-refractivity contribution < 1.29 is 45.6 Å². The Hall–Kier alpha value is -1.19. The Bertz CT molecular complexity index is 1040. The quantitative estimate of drug-likeness (QED) is 0.589. The van der Waals surface area contributed by atoms with Crippen molar-refractivity contribution >= 4 is 31.3 Å². The van der Waals surface area contributed by atoms with E-state index in [0.717, 1.165) is 5.56 Å². The van der Waals surface area contributed by atoms with E-state index in [9.17, 15) is 22.4 Å². The van der Waals surface area contributed by atoms with Crippen LogP contribution in [0.4, 0.5) is 0 Å². The van der Waals surface area contributed by atoms with Crippen LogP contribution in [0.3, 0.4) is 0 Å². The van der Waals surface area contributed by atoms with E-state index in [4.69, 9.17) is 14.4 Å². The molecule has 0 saturated heterocycles. The van der Waals surface area contributed by atoms with Crippen LogP contribution in [0.25, 0.3) is 6.08 Å². The predicted octanol–water partition coefficient (Wildman–Crippen LogP) is 2.45. The van der Waals surface area contributed by atoms with Gasteiger partial charge in [0.05, 0.1) is 12.4 Å². The van der Waals surface area contributed by atoms with Crippen LogP contribution < -0.4 is 9.47 Å². The Morgan fingerprint density at radius 2 is 1.79 bits per heavy atom. The van der Waals surface area contributed by atoms with Crippen LogP contribution in [0.15, 0.2) is 17.0 Å². The fourth-order valence-corrected chi connectivity index (χ4v) is 6.25. The molecule has 1 aromatic rings. The van der Waals surface area contributed by atoms with Crippen LogP contribution in [0, 0.1) is 0 Å². The molecule has 0 spiro atoms. The monoisotopic (exact) mass is 454 g/mol. The van der Waals surface area contributed by atoms with Gasteiger partial charge in [-0.15, -0.1) is 0 Å². The highest BCUT2D eigenvalue weighted by Crippen LogP contribution is 2.57. The summed E-state index contributed by atoms with van der Waals surface area (Å²) in [7, 11) is -12.9. The number of phosphoric acid groups is 1. The third kappa shape index (κ3) is 5.04. The Balaban J connectivity index is 1.67. The average molecular weight is 454 g/mol. The standard InChI is InChI=1S/C15H20O10P2S/c1-15(2)23-13-8-10-6-12(7-11(10)9-14(13)24-15)28(20,21)5-4-22-27(18,19)25-26(3,16)17/h6,8-9H,4-5,7H2,1-3H3,(H,16,17)(H,18,19). The lowest BCUT2D eigenvalue weighted by molar-refractivity contribution is -0.0431. The third-order valence-corrected chi connectivity index (χ3v) is 8.17. The summed E-state index contributed by atoms with van der Waals surface area (Å²) in [6.45, 7) is 3.56.